The summed E-state index contributed by atoms with van der Waals surface area (Å²) in [5.74, 6) is 2.90. The lowest BCUT2D eigenvalue weighted by molar-refractivity contribution is 0.210. The molecule has 0 spiro atoms. The van der Waals surface area contributed by atoms with E-state index in [1.165, 1.54) is 32.2 Å². The van der Waals surface area contributed by atoms with Gasteiger partial charge in [0.05, 0.1) is 6.07 Å². The van der Waals surface area contributed by atoms with Crippen molar-refractivity contribution in [3.05, 3.63) is 0 Å². The molecule has 0 saturated heterocycles. The van der Waals surface area contributed by atoms with Crippen molar-refractivity contribution < 1.29 is 0 Å². The minimum Gasteiger partial charge on any atom is -0.303 e. The summed E-state index contributed by atoms with van der Waals surface area (Å²) in [6.45, 7) is 6.22. The molecule has 0 aliphatic heterocycles. The van der Waals surface area contributed by atoms with Crippen molar-refractivity contribution in [3.8, 4) is 6.07 Å². The Labute approximate surface area is 112 Å². The fraction of sp³-hybridized carbons (Fsp3) is 0.933. The van der Waals surface area contributed by atoms with E-state index in [2.05, 4.69) is 37.2 Å². The Morgan fingerprint density at radius 2 is 2.11 bits per heavy atom. The first-order valence-electron chi connectivity index (χ1n) is 7.42. The number of hydrogen-bond donors (Lipinski definition) is 1. The molecule has 2 rings (SSSR count). The first-order valence-corrected chi connectivity index (χ1v) is 7.42. The molecule has 0 heterocycles. The maximum atomic E-state index is 9.15. The molecule has 2 fully saturated rings. The van der Waals surface area contributed by atoms with Gasteiger partial charge in [0, 0.05) is 19.1 Å². The van der Waals surface area contributed by atoms with E-state index in [1.54, 1.807) is 0 Å². The molecule has 0 aromatic carbocycles. The van der Waals surface area contributed by atoms with E-state index in [1.807, 2.05) is 0 Å². The molecule has 0 radical (unpaired) electrons. The molecule has 2 aliphatic rings. The van der Waals surface area contributed by atoms with Crippen LogP contribution in [0, 0.1) is 29.1 Å². The summed E-state index contributed by atoms with van der Waals surface area (Å²) in [6, 6.07) is 2.72. The van der Waals surface area contributed by atoms with Gasteiger partial charge in [-0.2, -0.15) is 5.26 Å². The third-order valence-electron chi connectivity index (χ3n) is 4.62. The van der Waals surface area contributed by atoms with Crippen LogP contribution in [-0.2, 0) is 0 Å². The van der Waals surface area contributed by atoms with Gasteiger partial charge in [0.25, 0.3) is 0 Å². The van der Waals surface area contributed by atoms with Gasteiger partial charge in [0.2, 0.25) is 0 Å². The Morgan fingerprint density at radius 3 is 2.61 bits per heavy atom. The van der Waals surface area contributed by atoms with Crippen LogP contribution < -0.4 is 5.32 Å². The zero-order valence-corrected chi connectivity index (χ0v) is 12.0. The summed E-state index contributed by atoms with van der Waals surface area (Å²) in [5, 5.41) is 12.5. The Kier molecular flexibility index (Phi) is 4.64. The zero-order chi connectivity index (χ0) is 13.1. The van der Waals surface area contributed by atoms with Crippen molar-refractivity contribution in [3.63, 3.8) is 0 Å². The van der Waals surface area contributed by atoms with Crippen LogP contribution in [0.2, 0.25) is 0 Å². The topological polar surface area (TPSA) is 39.1 Å². The first kappa shape index (κ1) is 13.8. The van der Waals surface area contributed by atoms with Gasteiger partial charge in [-0.15, -0.1) is 0 Å². The molecular weight excluding hydrogens is 222 g/mol. The smallest absolute Gasteiger partial charge is 0.108 e. The predicted octanol–water partition coefficient (Wildman–Crippen LogP) is 2.24. The van der Waals surface area contributed by atoms with Crippen molar-refractivity contribution in [1.82, 2.24) is 10.2 Å². The summed E-state index contributed by atoms with van der Waals surface area (Å²) in [4.78, 5) is 2.36. The number of hydrogen-bond acceptors (Lipinski definition) is 3. The molecule has 18 heavy (non-hydrogen) atoms. The first-order chi connectivity index (χ1) is 8.58. The van der Waals surface area contributed by atoms with Crippen molar-refractivity contribution in [2.75, 3.05) is 20.1 Å². The molecule has 102 valence electrons. The molecular formula is C15H27N3. The number of nitrogens with one attached hydrogen (secondary N) is 1. The Hall–Kier alpha value is -0.590. The molecule has 0 aromatic rings. The monoisotopic (exact) mass is 249 g/mol. The van der Waals surface area contributed by atoms with Gasteiger partial charge in [-0.1, -0.05) is 6.42 Å². The van der Waals surface area contributed by atoms with Crippen LogP contribution in [0.15, 0.2) is 0 Å². The van der Waals surface area contributed by atoms with Crippen LogP contribution in [-0.4, -0.2) is 37.1 Å². The Balaban J connectivity index is 1.74. The van der Waals surface area contributed by atoms with Gasteiger partial charge < -0.3 is 4.90 Å². The molecule has 1 N–H and O–H groups in total. The molecule has 3 nitrogen and oxygen atoms in total. The van der Waals surface area contributed by atoms with Gasteiger partial charge in [-0.05, 0) is 57.9 Å². The van der Waals surface area contributed by atoms with Gasteiger partial charge in [0.1, 0.15) is 6.04 Å². The number of fused-ring (bicyclic) bond motifs is 2. The number of nitrogens with zero attached hydrogens (tertiary/aromatic N) is 2. The molecule has 2 aliphatic carbocycles. The third kappa shape index (κ3) is 3.46. The molecule has 2 saturated carbocycles. The summed E-state index contributed by atoms with van der Waals surface area (Å²) < 4.78 is 0. The summed E-state index contributed by atoms with van der Waals surface area (Å²) >= 11 is 0. The molecule has 0 amide bonds. The summed E-state index contributed by atoms with van der Waals surface area (Å²) in [7, 11) is 2.17. The average molecular weight is 249 g/mol. The van der Waals surface area contributed by atoms with Gasteiger partial charge in [-0.3, -0.25) is 5.32 Å². The predicted molar refractivity (Wildman–Crippen MR) is 74.1 cm³/mol. The largest absolute Gasteiger partial charge is 0.303 e. The molecule has 4 atom stereocenters. The van der Waals surface area contributed by atoms with E-state index < -0.39 is 0 Å². The molecule has 3 heteroatoms. The lowest BCUT2D eigenvalue weighted by Gasteiger charge is -2.28. The van der Waals surface area contributed by atoms with Crippen LogP contribution >= 0.6 is 0 Å². The van der Waals surface area contributed by atoms with Crippen molar-refractivity contribution in [2.24, 2.45) is 17.8 Å². The second kappa shape index (κ2) is 6.04. The van der Waals surface area contributed by atoms with Crippen molar-refractivity contribution in [2.45, 2.75) is 51.6 Å². The van der Waals surface area contributed by atoms with Crippen molar-refractivity contribution >= 4 is 0 Å². The maximum absolute atomic E-state index is 9.15. The van der Waals surface area contributed by atoms with Crippen LogP contribution in [0.3, 0.4) is 0 Å². The second-order valence-corrected chi connectivity index (χ2v) is 6.66. The number of nitriles is 1. The maximum Gasteiger partial charge on any atom is 0.108 e. The quantitative estimate of drug-likeness (QED) is 0.784. The highest BCUT2D eigenvalue weighted by molar-refractivity contribution is 4.95. The highest BCUT2D eigenvalue weighted by Crippen LogP contribution is 2.48. The average Bonchev–Trinajstić information content (AvgIpc) is 2.89. The Morgan fingerprint density at radius 1 is 1.33 bits per heavy atom. The molecule has 2 bridgehead atoms. The standard InChI is InChI=1S/C15H27N3/c1-11(2)17-15(8-16)10-18(3)9-14-7-12-4-5-13(14)6-12/h11-15,17H,4-7,9-10H2,1-3H3. The number of likely N-dealkylation sites (N-methyl/N-ethyl adjacent to an activating group) is 1. The lowest BCUT2D eigenvalue weighted by Crippen LogP contribution is -2.43. The highest BCUT2D eigenvalue weighted by Gasteiger charge is 2.39. The van der Waals surface area contributed by atoms with Crippen LogP contribution in [0.5, 0.6) is 0 Å². The lowest BCUT2D eigenvalue weighted by atomic mass is 9.88. The minimum atomic E-state index is -0.0337. The molecule has 4 unspecified atom stereocenters. The highest BCUT2D eigenvalue weighted by atomic mass is 15.1. The SMILES string of the molecule is CC(C)NC(C#N)CN(C)CC1CC2CCC1C2. The van der Waals surface area contributed by atoms with Crippen LogP contribution in [0.4, 0.5) is 0 Å². The van der Waals surface area contributed by atoms with E-state index in [0.29, 0.717) is 6.04 Å². The summed E-state index contributed by atoms with van der Waals surface area (Å²) in [6.07, 6.45) is 5.84. The van der Waals surface area contributed by atoms with Crippen molar-refractivity contribution in [1.29, 1.82) is 5.26 Å². The van der Waals surface area contributed by atoms with Gasteiger partial charge in [-0.25, -0.2) is 0 Å². The van der Waals surface area contributed by atoms with Crippen LogP contribution in [0.25, 0.3) is 0 Å². The fourth-order valence-electron chi connectivity index (χ4n) is 3.92. The van der Waals surface area contributed by atoms with E-state index in [0.717, 1.165) is 24.3 Å². The van der Waals surface area contributed by atoms with Gasteiger partial charge in [0.15, 0.2) is 0 Å². The number of rotatable bonds is 6. The third-order valence-corrected chi connectivity index (χ3v) is 4.62. The van der Waals surface area contributed by atoms with E-state index >= 15 is 0 Å². The minimum absolute atomic E-state index is 0.0337. The molecule has 0 aromatic heterocycles. The van der Waals surface area contributed by atoms with E-state index in [9.17, 15) is 0 Å². The summed E-state index contributed by atoms with van der Waals surface area (Å²) in [5.41, 5.74) is 0. The van der Waals surface area contributed by atoms with E-state index in [4.69, 9.17) is 5.26 Å². The van der Waals surface area contributed by atoms with Crippen LogP contribution in [0.1, 0.15) is 39.5 Å². The van der Waals surface area contributed by atoms with E-state index in [-0.39, 0.29) is 6.04 Å². The normalized spacial score (nSPS) is 32.1. The zero-order valence-electron chi connectivity index (χ0n) is 12.0. The second-order valence-electron chi connectivity index (χ2n) is 6.66. The fourth-order valence-corrected chi connectivity index (χ4v) is 3.92. The Bertz CT molecular complexity index is 307. The van der Waals surface area contributed by atoms with Gasteiger partial charge >= 0.3 is 0 Å².